The van der Waals surface area contributed by atoms with Crippen LogP contribution in [0.1, 0.15) is 12.7 Å². The molecule has 0 atom stereocenters. The first-order valence-corrected chi connectivity index (χ1v) is 4.00. The van der Waals surface area contributed by atoms with Crippen LogP contribution < -0.4 is 5.56 Å². The molecule has 0 fully saturated rings. The monoisotopic (exact) mass is 198 g/mol. The summed E-state index contributed by atoms with van der Waals surface area (Å²) in [5.41, 5.74) is -1.01. The Morgan fingerprint density at radius 2 is 2.36 bits per heavy atom. The summed E-state index contributed by atoms with van der Waals surface area (Å²) in [6.07, 6.45) is 0.533. The van der Waals surface area contributed by atoms with E-state index in [1.165, 1.54) is 0 Å². The summed E-state index contributed by atoms with van der Waals surface area (Å²) in [7, 11) is 0. The standard InChI is InChI=1S/C7H7FN4O2/c1-2-3-9-7-10-5(13)4(8)6(14)12(7)11-3/h14H,2H2,1H3,(H,9,10,11,13). The van der Waals surface area contributed by atoms with Gasteiger partial charge in [0.1, 0.15) is 0 Å². The van der Waals surface area contributed by atoms with Gasteiger partial charge in [0.25, 0.3) is 11.4 Å². The van der Waals surface area contributed by atoms with Gasteiger partial charge < -0.3 is 5.11 Å². The maximum Gasteiger partial charge on any atom is 0.292 e. The summed E-state index contributed by atoms with van der Waals surface area (Å²) >= 11 is 0. The molecular weight excluding hydrogens is 191 g/mol. The Morgan fingerprint density at radius 3 is 3.00 bits per heavy atom. The lowest BCUT2D eigenvalue weighted by Gasteiger charge is -1.95. The summed E-state index contributed by atoms with van der Waals surface area (Å²) in [4.78, 5) is 16.9. The molecule has 74 valence electrons. The second kappa shape index (κ2) is 2.79. The van der Waals surface area contributed by atoms with Gasteiger partial charge in [0.15, 0.2) is 5.82 Å². The Labute approximate surface area is 77.0 Å². The number of halogens is 1. The van der Waals surface area contributed by atoms with Gasteiger partial charge in [-0.25, -0.2) is 0 Å². The van der Waals surface area contributed by atoms with Crippen molar-refractivity contribution in [1.29, 1.82) is 0 Å². The number of aryl methyl sites for hydroxylation is 1. The molecule has 0 aliphatic rings. The lowest BCUT2D eigenvalue weighted by atomic mass is 10.5. The molecule has 0 bridgehead atoms. The second-order valence-electron chi connectivity index (χ2n) is 2.71. The van der Waals surface area contributed by atoms with Crippen molar-refractivity contribution in [3.05, 3.63) is 22.0 Å². The molecule has 2 N–H and O–H groups in total. The Morgan fingerprint density at radius 1 is 1.64 bits per heavy atom. The zero-order valence-corrected chi connectivity index (χ0v) is 7.28. The number of hydrogen-bond donors (Lipinski definition) is 2. The molecule has 6 nitrogen and oxygen atoms in total. The SMILES string of the molecule is CCc1nc2[nH]c(=O)c(F)c(O)n2n1. The fourth-order valence-corrected chi connectivity index (χ4v) is 1.08. The van der Waals surface area contributed by atoms with Crippen molar-refractivity contribution < 1.29 is 9.50 Å². The largest absolute Gasteiger partial charge is 0.491 e. The summed E-state index contributed by atoms with van der Waals surface area (Å²) in [5, 5.41) is 13.0. The predicted molar refractivity (Wildman–Crippen MR) is 44.6 cm³/mol. The molecule has 0 aliphatic heterocycles. The fourth-order valence-electron chi connectivity index (χ4n) is 1.08. The van der Waals surface area contributed by atoms with Crippen LogP contribution in [0.4, 0.5) is 4.39 Å². The maximum absolute atomic E-state index is 12.9. The number of rotatable bonds is 1. The van der Waals surface area contributed by atoms with E-state index in [4.69, 9.17) is 0 Å². The smallest absolute Gasteiger partial charge is 0.292 e. The third-order valence-electron chi connectivity index (χ3n) is 1.79. The highest BCUT2D eigenvalue weighted by molar-refractivity contribution is 5.31. The number of nitrogens with zero attached hydrogens (tertiary/aromatic N) is 3. The summed E-state index contributed by atoms with van der Waals surface area (Å²) in [6.45, 7) is 1.81. The lowest BCUT2D eigenvalue weighted by molar-refractivity contribution is 0.390. The summed E-state index contributed by atoms with van der Waals surface area (Å²) < 4.78 is 13.7. The van der Waals surface area contributed by atoms with Gasteiger partial charge in [-0.3, -0.25) is 9.78 Å². The molecule has 0 radical (unpaired) electrons. The normalized spacial score (nSPS) is 11.0. The number of aromatic amines is 1. The van der Waals surface area contributed by atoms with Gasteiger partial charge in [0, 0.05) is 6.42 Å². The average molecular weight is 198 g/mol. The highest BCUT2D eigenvalue weighted by atomic mass is 19.1. The maximum atomic E-state index is 12.9. The summed E-state index contributed by atoms with van der Waals surface area (Å²) in [6, 6.07) is 0. The number of aromatic hydroxyl groups is 1. The minimum atomic E-state index is -1.26. The van der Waals surface area contributed by atoms with E-state index in [0.29, 0.717) is 12.2 Å². The van der Waals surface area contributed by atoms with Crippen molar-refractivity contribution in [2.45, 2.75) is 13.3 Å². The van der Waals surface area contributed by atoms with E-state index in [-0.39, 0.29) is 5.78 Å². The van der Waals surface area contributed by atoms with Crippen LogP contribution in [-0.2, 0) is 6.42 Å². The van der Waals surface area contributed by atoms with Crippen LogP contribution >= 0.6 is 0 Å². The molecule has 2 aromatic heterocycles. The van der Waals surface area contributed by atoms with E-state index < -0.39 is 17.3 Å². The molecule has 0 unspecified atom stereocenters. The van der Waals surface area contributed by atoms with Crippen molar-refractivity contribution in [3.8, 4) is 5.88 Å². The molecule has 0 spiro atoms. The number of nitrogens with one attached hydrogen (secondary N) is 1. The van der Waals surface area contributed by atoms with Crippen LogP contribution in [-0.4, -0.2) is 24.7 Å². The van der Waals surface area contributed by atoms with Crippen molar-refractivity contribution in [1.82, 2.24) is 19.6 Å². The van der Waals surface area contributed by atoms with E-state index >= 15 is 0 Å². The Hall–Kier alpha value is -1.92. The second-order valence-corrected chi connectivity index (χ2v) is 2.71. The van der Waals surface area contributed by atoms with Gasteiger partial charge in [0.05, 0.1) is 0 Å². The van der Waals surface area contributed by atoms with E-state index in [0.717, 1.165) is 4.52 Å². The minimum absolute atomic E-state index is 0.0331. The van der Waals surface area contributed by atoms with Crippen molar-refractivity contribution in [2.24, 2.45) is 0 Å². The highest BCUT2D eigenvalue weighted by Gasteiger charge is 2.13. The molecule has 0 aromatic carbocycles. The quantitative estimate of drug-likeness (QED) is 0.666. The zero-order valence-electron chi connectivity index (χ0n) is 7.28. The molecule has 2 rings (SSSR count). The van der Waals surface area contributed by atoms with Crippen LogP contribution in [0, 0.1) is 5.82 Å². The van der Waals surface area contributed by atoms with E-state index in [9.17, 15) is 14.3 Å². The molecule has 14 heavy (non-hydrogen) atoms. The number of fused-ring (bicyclic) bond motifs is 1. The Balaban J connectivity index is 2.87. The first kappa shape index (κ1) is 8.67. The van der Waals surface area contributed by atoms with Gasteiger partial charge in [-0.1, -0.05) is 6.92 Å². The van der Waals surface area contributed by atoms with Gasteiger partial charge in [-0.15, -0.1) is 5.10 Å². The number of aromatic nitrogens is 4. The van der Waals surface area contributed by atoms with Crippen LogP contribution in [0.3, 0.4) is 0 Å². The number of H-pyrrole nitrogens is 1. The Bertz CT molecular complexity index is 544. The van der Waals surface area contributed by atoms with Crippen LogP contribution in [0.5, 0.6) is 5.88 Å². The third-order valence-corrected chi connectivity index (χ3v) is 1.79. The van der Waals surface area contributed by atoms with E-state index in [2.05, 4.69) is 15.1 Å². The van der Waals surface area contributed by atoms with E-state index in [1.54, 1.807) is 6.92 Å². The molecule has 2 aromatic rings. The first-order valence-electron chi connectivity index (χ1n) is 4.00. The van der Waals surface area contributed by atoms with Crippen molar-refractivity contribution in [2.75, 3.05) is 0 Å². The minimum Gasteiger partial charge on any atom is -0.491 e. The van der Waals surface area contributed by atoms with Crippen molar-refractivity contribution >= 4 is 5.78 Å². The van der Waals surface area contributed by atoms with Gasteiger partial charge in [-0.05, 0) is 0 Å². The van der Waals surface area contributed by atoms with Gasteiger partial charge in [0.2, 0.25) is 11.6 Å². The molecule has 0 saturated carbocycles. The first-order chi connectivity index (χ1) is 6.63. The molecule has 0 amide bonds. The topological polar surface area (TPSA) is 83.3 Å². The third kappa shape index (κ3) is 1.05. The zero-order chi connectivity index (χ0) is 10.3. The van der Waals surface area contributed by atoms with Crippen LogP contribution in [0.15, 0.2) is 4.79 Å². The number of hydrogen-bond acceptors (Lipinski definition) is 4. The average Bonchev–Trinajstić information content (AvgIpc) is 2.57. The van der Waals surface area contributed by atoms with E-state index in [1.807, 2.05) is 0 Å². The molecule has 7 heteroatoms. The van der Waals surface area contributed by atoms with Crippen LogP contribution in [0.25, 0.3) is 5.78 Å². The lowest BCUT2D eigenvalue weighted by Crippen LogP contribution is -2.13. The van der Waals surface area contributed by atoms with Crippen molar-refractivity contribution in [3.63, 3.8) is 0 Å². The van der Waals surface area contributed by atoms with Crippen LogP contribution in [0.2, 0.25) is 0 Å². The van der Waals surface area contributed by atoms with Gasteiger partial charge in [-0.2, -0.15) is 13.9 Å². The Kier molecular flexibility index (Phi) is 1.73. The highest BCUT2D eigenvalue weighted by Crippen LogP contribution is 2.10. The molecular formula is C7H7FN4O2. The molecule has 0 aliphatic carbocycles. The summed E-state index contributed by atoms with van der Waals surface area (Å²) in [5.74, 6) is -1.63. The fraction of sp³-hybridized carbons (Fsp3) is 0.286. The predicted octanol–water partition coefficient (Wildman–Crippen LogP) is -0.175. The van der Waals surface area contributed by atoms with Gasteiger partial charge >= 0.3 is 0 Å². The molecule has 0 saturated heterocycles. The molecule has 2 heterocycles.